The van der Waals surface area contributed by atoms with E-state index in [1.165, 1.54) is 17.0 Å². The molecule has 9 heteroatoms. The molecule has 1 aliphatic rings. The van der Waals surface area contributed by atoms with E-state index in [1.807, 2.05) is 0 Å². The highest BCUT2D eigenvalue weighted by Gasteiger charge is 2.35. The maximum Gasteiger partial charge on any atom is 0.416 e. The molecular formula is C19H17F3N2O4. The number of nitrogens with zero attached hydrogens (tertiary/aromatic N) is 1. The Morgan fingerprint density at radius 3 is 2.57 bits per heavy atom. The largest absolute Gasteiger partial charge is 0.490 e. The Kier molecular flexibility index (Phi) is 5.55. The second-order valence-electron chi connectivity index (χ2n) is 6.08. The van der Waals surface area contributed by atoms with Crippen LogP contribution < -0.4 is 15.0 Å². The van der Waals surface area contributed by atoms with E-state index in [1.54, 1.807) is 24.3 Å². The van der Waals surface area contributed by atoms with E-state index in [0.717, 1.165) is 12.1 Å². The minimum Gasteiger partial charge on any atom is -0.490 e. The molecule has 0 bridgehead atoms. The number of rotatable bonds is 3. The number of hydrogen-bond acceptors (Lipinski definition) is 4. The van der Waals surface area contributed by atoms with Crippen LogP contribution in [0.1, 0.15) is 17.2 Å². The van der Waals surface area contributed by atoms with Gasteiger partial charge in [0.15, 0.2) is 0 Å². The van der Waals surface area contributed by atoms with Gasteiger partial charge in [0.25, 0.3) is 0 Å². The summed E-state index contributed by atoms with van der Waals surface area (Å²) in [5.74, 6) is -1.46. The number of carbonyl (C=O) groups excluding carboxylic acids is 2. The molecule has 0 aliphatic carbocycles. The maximum absolute atomic E-state index is 13.0. The molecule has 3 rings (SSSR count). The van der Waals surface area contributed by atoms with E-state index >= 15 is 0 Å². The highest BCUT2D eigenvalue weighted by atomic mass is 19.4. The number of fused-ring (bicyclic) bond motifs is 1. The number of aliphatic hydroxyl groups is 1. The van der Waals surface area contributed by atoms with Crippen LogP contribution in [0.15, 0.2) is 48.5 Å². The molecule has 6 nitrogen and oxygen atoms in total. The lowest BCUT2D eigenvalue weighted by atomic mass is 10.0. The average Bonchev–Trinajstić information content (AvgIpc) is 2.70. The number of carbonyl (C=O) groups is 2. The zero-order chi connectivity index (χ0) is 20.3. The van der Waals surface area contributed by atoms with Gasteiger partial charge < -0.3 is 15.2 Å². The summed E-state index contributed by atoms with van der Waals surface area (Å²) in [6, 6.07) is 11.2. The lowest BCUT2D eigenvalue weighted by Crippen LogP contribution is -2.47. The molecule has 0 fully saturated rings. The molecule has 148 valence electrons. The fourth-order valence-corrected chi connectivity index (χ4v) is 2.92. The number of anilines is 1. The minimum absolute atomic E-state index is 0.155. The van der Waals surface area contributed by atoms with Crippen molar-refractivity contribution in [3.05, 3.63) is 59.7 Å². The van der Waals surface area contributed by atoms with Crippen molar-refractivity contribution in [2.24, 2.45) is 0 Å². The van der Waals surface area contributed by atoms with E-state index in [2.05, 4.69) is 5.32 Å². The van der Waals surface area contributed by atoms with Crippen molar-refractivity contribution in [1.82, 2.24) is 5.32 Å². The summed E-state index contributed by atoms with van der Waals surface area (Å²) in [5, 5.41) is 12.3. The van der Waals surface area contributed by atoms with E-state index in [-0.39, 0.29) is 18.7 Å². The Labute approximate surface area is 158 Å². The minimum atomic E-state index is -4.64. The Bertz CT molecular complexity index is 885. The number of amides is 2. The summed E-state index contributed by atoms with van der Waals surface area (Å²) in [7, 11) is 0. The molecule has 1 unspecified atom stereocenters. The quantitative estimate of drug-likeness (QED) is 0.783. The third-order valence-corrected chi connectivity index (χ3v) is 4.25. The lowest BCUT2D eigenvalue weighted by molar-refractivity contribution is -0.139. The molecule has 0 saturated carbocycles. The molecule has 2 N–H and O–H groups in total. The van der Waals surface area contributed by atoms with Crippen LogP contribution in [-0.4, -0.2) is 36.6 Å². The number of hydrogen-bond donors (Lipinski definition) is 2. The van der Waals surface area contributed by atoms with Crippen LogP contribution in [0.5, 0.6) is 5.75 Å². The van der Waals surface area contributed by atoms with Gasteiger partial charge in [0.05, 0.1) is 23.9 Å². The molecule has 1 heterocycles. The van der Waals surface area contributed by atoms with Crippen LogP contribution in [0.2, 0.25) is 0 Å². The van der Waals surface area contributed by atoms with Crippen molar-refractivity contribution in [2.45, 2.75) is 12.3 Å². The number of aliphatic hydroxyl groups excluding tert-OH is 1. The third kappa shape index (κ3) is 4.09. The molecule has 1 aliphatic heterocycles. The molecule has 0 spiro atoms. The number of alkyl halides is 3. The Morgan fingerprint density at radius 1 is 1.14 bits per heavy atom. The monoisotopic (exact) mass is 394 g/mol. The summed E-state index contributed by atoms with van der Waals surface area (Å²) in [6.07, 6.45) is -6.26. The van der Waals surface area contributed by atoms with Gasteiger partial charge in [-0.2, -0.15) is 13.2 Å². The van der Waals surface area contributed by atoms with Gasteiger partial charge in [-0.15, -0.1) is 0 Å². The Balaban J connectivity index is 1.68. The lowest BCUT2D eigenvalue weighted by Gasteiger charge is -2.29. The van der Waals surface area contributed by atoms with Crippen LogP contribution >= 0.6 is 0 Å². The van der Waals surface area contributed by atoms with Gasteiger partial charge in [-0.25, -0.2) is 0 Å². The molecular weight excluding hydrogens is 377 g/mol. The molecule has 28 heavy (non-hydrogen) atoms. The molecule has 1 atom stereocenters. The van der Waals surface area contributed by atoms with E-state index in [4.69, 9.17) is 4.74 Å². The van der Waals surface area contributed by atoms with Crippen molar-refractivity contribution in [2.75, 3.05) is 24.6 Å². The second kappa shape index (κ2) is 7.89. The zero-order valence-corrected chi connectivity index (χ0v) is 14.6. The first-order chi connectivity index (χ1) is 13.3. The number of nitrogens with one attached hydrogen (secondary N) is 1. The normalized spacial score (nSPS) is 14.6. The highest BCUT2D eigenvalue weighted by Crippen LogP contribution is 2.34. The van der Waals surface area contributed by atoms with Crippen molar-refractivity contribution in [1.29, 1.82) is 0 Å². The molecule has 0 aromatic heterocycles. The molecule has 2 aromatic carbocycles. The third-order valence-electron chi connectivity index (χ3n) is 4.25. The zero-order valence-electron chi connectivity index (χ0n) is 14.6. The van der Waals surface area contributed by atoms with E-state index in [9.17, 15) is 27.9 Å². The van der Waals surface area contributed by atoms with Gasteiger partial charge in [-0.3, -0.25) is 14.5 Å². The van der Waals surface area contributed by atoms with E-state index in [0.29, 0.717) is 11.4 Å². The summed E-state index contributed by atoms with van der Waals surface area (Å²) >= 11 is 0. The topological polar surface area (TPSA) is 78.9 Å². The fraction of sp³-hybridized carbons (Fsp3) is 0.263. The Hall–Kier alpha value is -3.07. The number of ether oxygens (including phenoxy) is 1. The van der Waals surface area contributed by atoms with Crippen molar-refractivity contribution in [3.8, 4) is 5.75 Å². The van der Waals surface area contributed by atoms with E-state index < -0.39 is 36.2 Å². The van der Waals surface area contributed by atoms with Crippen LogP contribution in [-0.2, 0) is 15.8 Å². The first-order valence-corrected chi connectivity index (χ1v) is 8.44. The summed E-state index contributed by atoms with van der Waals surface area (Å²) < 4.78 is 44.6. The van der Waals surface area contributed by atoms with Crippen molar-refractivity contribution >= 4 is 17.5 Å². The SMILES string of the molecule is O=C(NCC(O)c1ccccc1C(F)(F)F)C(=O)N1CCOc2ccccc21. The number of para-hydroxylation sites is 2. The first-order valence-electron chi connectivity index (χ1n) is 8.44. The van der Waals surface area contributed by atoms with Crippen LogP contribution in [0.4, 0.5) is 18.9 Å². The van der Waals surface area contributed by atoms with Gasteiger partial charge in [0.2, 0.25) is 0 Å². The maximum atomic E-state index is 13.0. The molecule has 2 aromatic rings. The molecule has 0 saturated heterocycles. The molecule has 2 amide bonds. The second-order valence-corrected chi connectivity index (χ2v) is 6.08. The van der Waals surface area contributed by atoms with Crippen molar-refractivity contribution < 1.29 is 32.6 Å². The van der Waals surface area contributed by atoms with Gasteiger partial charge in [-0.05, 0) is 23.8 Å². The summed E-state index contributed by atoms with van der Waals surface area (Å²) in [5.41, 5.74) is -0.943. The summed E-state index contributed by atoms with van der Waals surface area (Å²) in [4.78, 5) is 25.9. The van der Waals surface area contributed by atoms with Crippen LogP contribution in [0, 0.1) is 0 Å². The van der Waals surface area contributed by atoms with Gasteiger partial charge in [0, 0.05) is 6.54 Å². The van der Waals surface area contributed by atoms with Crippen LogP contribution in [0.3, 0.4) is 0 Å². The Morgan fingerprint density at radius 2 is 1.82 bits per heavy atom. The first kappa shape index (κ1) is 19.7. The van der Waals surface area contributed by atoms with Crippen LogP contribution in [0.25, 0.3) is 0 Å². The fourth-order valence-electron chi connectivity index (χ4n) is 2.92. The summed E-state index contributed by atoms with van der Waals surface area (Å²) in [6.45, 7) is -0.177. The van der Waals surface area contributed by atoms with Crippen molar-refractivity contribution in [3.63, 3.8) is 0 Å². The van der Waals surface area contributed by atoms with Gasteiger partial charge in [-0.1, -0.05) is 30.3 Å². The average molecular weight is 394 g/mol. The standard InChI is InChI=1S/C19H17F3N2O4/c20-19(21,22)13-6-2-1-5-12(13)15(25)11-23-17(26)18(27)24-9-10-28-16-8-4-3-7-14(16)24/h1-8,15,25H,9-11H2,(H,23,26). The highest BCUT2D eigenvalue weighted by molar-refractivity contribution is 6.40. The molecule has 0 radical (unpaired) electrons. The predicted molar refractivity (Wildman–Crippen MR) is 93.7 cm³/mol. The van der Waals surface area contributed by atoms with Gasteiger partial charge in [0.1, 0.15) is 12.4 Å². The number of halogens is 3. The number of benzene rings is 2. The predicted octanol–water partition coefficient (Wildman–Crippen LogP) is 2.28. The smallest absolute Gasteiger partial charge is 0.416 e. The van der Waals surface area contributed by atoms with Gasteiger partial charge >= 0.3 is 18.0 Å².